The van der Waals surface area contributed by atoms with E-state index in [0.717, 1.165) is 12.8 Å². The summed E-state index contributed by atoms with van der Waals surface area (Å²) in [4.78, 5) is 22.8. The van der Waals surface area contributed by atoms with E-state index in [4.69, 9.17) is 4.74 Å². The molecule has 1 saturated carbocycles. The molecule has 0 bridgehead atoms. The molecular formula is C13H14BrN3O4. The predicted molar refractivity (Wildman–Crippen MR) is 79.3 cm³/mol. The first kappa shape index (κ1) is 15.3. The Morgan fingerprint density at radius 1 is 1.43 bits per heavy atom. The average molecular weight is 356 g/mol. The number of nitrogens with zero attached hydrogens (tertiary/aromatic N) is 1. The molecule has 0 aromatic heterocycles. The van der Waals surface area contributed by atoms with Gasteiger partial charge in [0.2, 0.25) is 0 Å². The van der Waals surface area contributed by atoms with Crippen LogP contribution in [-0.2, 0) is 9.59 Å². The number of methoxy groups -OCH3 is 1. The lowest BCUT2D eigenvalue weighted by Gasteiger charge is -2.06. The molecule has 1 fully saturated rings. The van der Waals surface area contributed by atoms with Gasteiger partial charge < -0.3 is 15.2 Å². The first-order valence-electron chi connectivity index (χ1n) is 6.21. The molecule has 0 aliphatic heterocycles. The highest BCUT2D eigenvalue weighted by Gasteiger charge is 2.26. The first-order valence-corrected chi connectivity index (χ1v) is 7.01. The fraction of sp³-hybridized carbons (Fsp3) is 0.308. The summed E-state index contributed by atoms with van der Waals surface area (Å²) in [6.45, 7) is 0. The van der Waals surface area contributed by atoms with Gasteiger partial charge in [-0.3, -0.25) is 9.59 Å². The number of nitrogens with one attached hydrogen (secondary N) is 2. The number of halogens is 1. The summed E-state index contributed by atoms with van der Waals surface area (Å²) < 4.78 is 5.42. The Hall–Kier alpha value is -2.09. The van der Waals surface area contributed by atoms with Crippen molar-refractivity contribution in [2.24, 2.45) is 5.10 Å². The maximum Gasteiger partial charge on any atom is 0.329 e. The van der Waals surface area contributed by atoms with Crippen molar-refractivity contribution in [2.75, 3.05) is 7.11 Å². The van der Waals surface area contributed by atoms with Crippen LogP contribution in [0, 0.1) is 0 Å². The largest absolute Gasteiger partial charge is 0.503 e. The molecule has 112 valence electrons. The van der Waals surface area contributed by atoms with Crippen LogP contribution in [0.1, 0.15) is 18.4 Å². The highest BCUT2D eigenvalue weighted by atomic mass is 79.9. The Bertz CT molecular complexity index is 599. The molecule has 0 unspecified atom stereocenters. The van der Waals surface area contributed by atoms with Gasteiger partial charge in [0.05, 0.1) is 17.8 Å². The number of phenolic OH excluding ortho intramolecular Hbond substituents is 1. The smallest absolute Gasteiger partial charge is 0.329 e. The number of hydrogen-bond acceptors (Lipinski definition) is 5. The molecule has 1 aromatic carbocycles. The summed E-state index contributed by atoms with van der Waals surface area (Å²) in [5.74, 6) is -1.27. The number of ether oxygens (including phenoxy) is 1. The number of rotatable bonds is 4. The molecule has 1 aromatic rings. The third kappa shape index (κ3) is 4.19. The molecule has 0 spiro atoms. The number of phenols is 1. The minimum atomic E-state index is -0.817. The number of carbonyl (C=O) groups excluding carboxylic acids is 2. The van der Waals surface area contributed by atoms with Crippen molar-refractivity contribution in [3.63, 3.8) is 0 Å². The molecule has 3 N–H and O–H groups in total. The second-order valence-corrected chi connectivity index (χ2v) is 5.35. The summed E-state index contributed by atoms with van der Waals surface area (Å²) in [5, 5.41) is 15.9. The van der Waals surface area contributed by atoms with Crippen LogP contribution in [0.4, 0.5) is 0 Å². The molecular weight excluding hydrogens is 342 g/mol. The lowest BCUT2D eigenvalue weighted by molar-refractivity contribution is -0.139. The van der Waals surface area contributed by atoms with Crippen LogP contribution in [0.25, 0.3) is 0 Å². The monoisotopic (exact) mass is 355 g/mol. The molecule has 21 heavy (non-hydrogen) atoms. The maximum atomic E-state index is 11.4. The molecule has 1 aliphatic rings. The summed E-state index contributed by atoms with van der Waals surface area (Å²) in [5.41, 5.74) is 2.72. The normalized spacial score (nSPS) is 14.0. The van der Waals surface area contributed by atoms with Gasteiger partial charge in [0.15, 0.2) is 11.5 Å². The van der Waals surface area contributed by atoms with E-state index in [1.54, 1.807) is 12.1 Å². The van der Waals surface area contributed by atoms with Crippen LogP contribution in [0.15, 0.2) is 21.7 Å². The first-order chi connectivity index (χ1) is 10.0. The van der Waals surface area contributed by atoms with Gasteiger partial charge in [-0.15, -0.1) is 0 Å². The van der Waals surface area contributed by atoms with Crippen molar-refractivity contribution in [1.82, 2.24) is 10.7 Å². The van der Waals surface area contributed by atoms with Crippen LogP contribution < -0.4 is 15.5 Å². The summed E-state index contributed by atoms with van der Waals surface area (Å²) in [6.07, 6.45) is 3.16. The lowest BCUT2D eigenvalue weighted by atomic mass is 10.2. The van der Waals surface area contributed by atoms with E-state index in [1.165, 1.54) is 13.3 Å². The number of aromatic hydroxyl groups is 1. The summed E-state index contributed by atoms with van der Waals surface area (Å²) >= 11 is 3.17. The standard InChI is InChI=1S/C13H14BrN3O4/c1-21-10-5-7(4-9(14)11(10)18)6-15-17-13(20)12(19)16-8-2-3-8/h4-6,8,18H,2-3H2,1H3,(H,16,19)(H,17,20)/b15-6+. The van der Waals surface area contributed by atoms with E-state index in [1.807, 2.05) is 0 Å². The van der Waals surface area contributed by atoms with E-state index in [2.05, 4.69) is 31.8 Å². The molecule has 8 heteroatoms. The van der Waals surface area contributed by atoms with Crippen molar-refractivity contribution in [1.29, 1.82) is 0 Å². The predicted octanol–water partition coefficient (Wildman–Crippen LogP) is 0.892. The van der Waals surface area contributed by atoms with E-state index < -0.39 is 11.8 Å². The van der Waals surface area contributed by atoms with Crippen LogP contribution in [0.3, 0.4) is 0 Å². The number of amides is 2. The highest BCUT2D eigenvalue weighted by Crippen LogP contribution is 2.34. The molecule has 0 saturated heterocycles. The number of carbonyl (C=O) groups is 2. The Kier molecular flexibility index (Phi) is 4.79. The SMILES string of the molecule is COc1cc(/C=N/NC(=O)C(=O)NC2CC2)cc(Br)c1O. The van der Waals surface area contributed by atoms with Crippen LogP contribution in [-0.4, -0.2) is 36.3 Å². The molecule has 2 rings (SSSR count). The molecule has 0 atom stereocenters. The number of hydrogen-bond donors (Lipinski definition) is 3. The van der Waals surface area contributed by atoms with Crippen LogP contribution in [0.2, 0.25) is 0 Å². The molecule has 2 amide bonds. The topological polar surface area (TPSA) is 100 Å². The third-order valence-electron chi connectivity index (χ3n) is 2.77. The van der Waals surface area contributed by atoms with Gasteiger partial charge in [-0.05, 0) is 46.5 Å². The molecule has 1 aliphatic carbocycles. The number of hydrazone groups is 1. The van der Waals surface area contributed by atoms with Gasteiger partial charge in [0, 0.05) is 6.04 Å². The van der Waals surface area contributed by atoms with E-state index in [0.29, 0.717) is 10.0 Å². The minimum absolute atomic E-state index is 0.0255. The van der Waals surface area contributed by atoms with Crippen molar-refractivity contribution < 1.29 is 19.4 Å². The van der Waals surface area contributed by atoms with Gasteiger partial charge in [-0.2, -0.15) is 5.10 Å². The van der Waals surface area contributed by atoms with E-state index in [9.17, 15) is 14.7 Å². The Balaban J connectivity index is 1.95. The molecule has 0 heterocycles. The average Bonchev–Trinajstić information content (AvgIpc) is 3.26. The van der Waals surface area contributed by atoms with Crippen molar-refractivity contribution in [2.45, 2.75) is 18.9 Å². The fourth-order valence-electron chi connectivity index (χ4n) is 1.52. The zero-order valence-corrected chi connectivity index (χ0v) is 12.8. The van der Waals surface area contributed by atoms with Crippen molar-refractivity contribution >= 4 is 34.0 Å². The zero-order valence-electron chi connectivity index (χ0n) is 11.2. The summed E-state index contributed by atoms with van der Waals surface area (Å²) in [7, 11) is 1.42. The van der Waals surface area contributed by atoms with Gasteiger partial charge >= 0.3 is 11.8 Å². The summed E-state index contributed by atoms with van der Waals surface area (Å²) in [6, 6.07) is 3.25. The Morgan fingerprint density at radius 3 is 2.76 bits per heavy atom. The van der Waals surface area contributed by atoms with Gasteiger partial charge in [0.25, 0.3) is 0 Å². The van der Waals surface area contributed by atoms with Crippen molar-refractivity contribution in [3.05, 3.63) is 22.2 Å². The lowest BCUT2D eigenvalue weighted by Crippen LogP contribution is -2.38. The highest BCUT2D eigenvalue weighted by molar-refractivity contribution is 9.10. The minimum Gasteiger partial charge on any atom is -0.503 e. The second-order valence-electron chi connectivity index (χ2n) is 4.50. The van der Waals surface area contributed by atoms with Gasteiger partial charge in [-0.25, -0.2) is 5.43 Å². The Morgan fingerprint density at radius 2 is 2.14 bits per heavy atom. The molecule has 0 radical (unpaired) electrons. The quantitative estimate of drug-likeness (QED) is 0.424. The van der Waals surface area contributed by atoms with Gasteiger partial charge in [-0.1, -0.05) is 0 Å². The maximum absolute atomic E-state index is 11.4. The van der Waals surface area contributed by atoms with E-state index in [-0.39, 0.29) is 17.5 Å². The van der Waals surface area contributed by atoms with Crippen LogP contribution in [0.5, 0.6) is 11.5 Å². The van der Waals surface area contributed by atoms with Crippen molar-refractivity contribution in [3.8, 4) is 11.5 Å². The second kappa shape index (κ2) is 6.57. The molecule has 7 nitrogen and oxygen atoms in total. The van der Waals surface area contributed by atoms with Gasteiger partial charge in [0.1, 0.15) is 0 Å². The zero-order chi connectivity index (χ0) is 15.4. The van der Waals surface area contributed by atoms with E-state index >= 15 is 0 Å². The number of benzene rings is 1. The fourth-order valence-corrected chi connectivity index (χ4v) is 1.98. The van der Waals surface area contributed by atoms with Crippen LogP contribution >= 0.6 is 15.9 Å². The third-order valence-corrected chi connectivity index (χ3v) is 3.37. The Labute approximate surface area is 129 Å².